The molecule has 8 heteroatoms. The van der Waals surface area contributed by atoms with Gasteiger partial charge in [-0.3, -0.25) is 4.79 Å². The molecule has 2 N–H and O–H groups in total. The molecule has 0 unspecified atom stereocenters. The quantitative estimate of drug-likeness (QED) is 0.755. The molecule has 1 heterocycles. The van der Waals surface area contributed by atoms with Gasteiger partial charge in [-0.05, 0) is 27.7 Å². The van der Waals surface area contributed by atoms with Gasteiger partial charge in [-0.2, -0.15) is 0 Å². The van der Waals surface area contributed by atoms with E-state index < -0.39 is 11.5 Å². The molecule has 0 saturated heterocycles. The maximum atomic E-state index is 11.7. The summed E-state index contributed by atoms with van der Waals surface area (Å²) in [5.41, 5.74) is -1.27. The number of carboxylic acid groups (broad SMARTS) is 1. The summed E-state index contributed by atoms with van der Waals surface area (Å²) >= 11 is 1.23. The zero-order chi connectivity index (χ0) is 14.6. The molecule has 1 amide bonds. The van der Waals surface area contributed by atoms with Crippen molar-refractivity contribution in [1.29, 1.82) is 0 Å². The lowest BCUT2D eigenvalue weighted by atomic mass is 10.1. The third-order valence-corrected chi connectivity index (χ3v) is 3.37. The molecule has 106 valence electrons. The molecule has 0 aliphatic rings. The summed E-state index contributed by atoms with van der Waals surface area (Å²) in [5.74, 6) is -1.32. The summed E-state index contributed by atoms with van der Waals surface area (Å²) in [6.07, 6.45) is 1.60. The predicted octanol–water partition coefficient (Wildman–Crippen LogP) is 0.930. The van der Waals surface area contributed by atoms with Crippen molar-refractivity contribution in [2.75, 3.05) is 5.75 Å². The number of rotatable bonds is 6. The van der Waals surface area contributed by atoms with Gasteiger partial charge in [-0.15, -0.1) is 10.2 Å². The van der Waals surface area contributed by atoms with Gasteiger partial charge in [-0.1, -0.05) is 11.8 Å². The zero-order valence-corrected chi connectivity index (χ0v) is 12.2. The highest BCUT2D eigenvalue weighted by Crippen LogP contribution is 2.18. The Morgan fingerprint density at radius 2 is 2.16 bits per heavy atom. The average Bonchev–Trinajstić information content (AvgIpc) is 2.73. The maximum Gasteiger partial charge on any atom is 0.328 e. The first-order valence-electron chi connectivity index (χ1n) is 5.80. The Morgan fingerprint density at radius 3 is 2.68 bits per heavy atom. The monoisotopic (exact) mass is 286 g/mol. The van der Waals surface area contributed by atoms with Gasteiger partial charge >= 0.3 is 5.97 Å². The van der Waals surface area contributed by atoms with Crippen LogP contribution in [0.15, 0.2) is 11.5 Å². The van der Waals surface area contributed by atoms with Crippen molar-refractivity contribution >= 4 is 23.6 Å². The molecule has 1 aromatic heterocycles. The molecule has 1 rings (SSSR count). The highest BCUT2D eigenvalue weighted by atomic mass is 32.2. The number of carbonyl (C=O) groups is 2. The number of hydrogen-bond donors (Lipinski definition) is 2. The number of amides is 1. The molecule has 19 heavy (non-hydrogen) atoms. The highest BCUT2D eigenvalue weighted by molar-refractivity contribution is 7.99. The summed E-state index contributed by atoms with van der Waals surface area (Å²) in [6, 6.07) is 0.205. The summed E-state index contributed by atoms with van der Waals surface area (Å²) < 4.78 is 1.85. The van der Waals surface area contributed by atoms with Crippen LogP contribution in [0, 0.1) is 0 Å². The van der Waals surface area contributed by atoms with Crippen LogP contribution in [-0.4, -0.2) is 43.0 Å². The molecular formula is C11H18N4O3S. The molecule has 0 aliphatic heterocycles. The van der Waals surface area contributed by atoms with Crippen LogP contribution in [-0.2, 0) is 9.59 Å². The fourth-order valence-corrected chi connectivity index (χ4v) is 2.10. The second-order valence-corrected chi connectivity index (χ2v) is 5.82. The van der Waals surface area contributed by atoms with Crippen LogP contribution in [0.1, 0.15) is 33.7 Å². The van der Waals surface area contributed by atoms with Crippen LogP contribution >= 0.6 is 11.8 Å². The molecule has 0 aliphatic carbocycles. The van der Waals surface area contributed by atoms with E-state index in [2.05, 4.69) is 15.5 Å². The summed E-state index contributed by atoms with van der Waals surface area (Å²) in [5, 5.41) is 19.7. The van der Waals surface area contributed by atoms with Crippen LogP contribution in [0.2, 0.25) is 0 Å². The highest BCUT2D eigenvalue weighted by Gasteiger charge is 2.28. The summed E-state index contributed by atoms with van der Waals surface area (Å²) in [4.78, 5) is 22.6. The summed E-state index contributed by atoms with van der Waals surface area (Å²) in [7, 11) is 0. The van der Waals surface area contributed by atoms with Gasteiger partial charge in [0.1, 0.15) is 11.9 Å². The van der Waals surface area contributed by atoms with E-state index in [1.54, 1.807) is 6.33 Å². The van der Waals surface area contributed by atoms with E-state index in [1.165, 1.54) is 25.6 Å². The number of carboxylic acids is 1. The molecule has 1 aromatic rings. The minimum Gasteiger partial charge on any atom is -0.480 e. The van der Waals surface area contributed by atoms with Crippen molar-refractivity contribution in [3.05, 3.63) is 6.33 Å². The van der Waals surface area contributed by atoms with Crippen LogP contribution in [0.25, 0.3) is 0 Å². The lowest BCUT2D eigenvalue weighted by molar-refractivity contribution is -0.145. The molecule has 7 nitrogen and oxygen atoms in total. The molecule has 0 atom stereocenters. The SMILES string of the molecule is CC(C)n1cnnc1SCC(=O)NC(C)(C)C(=O)O. The number of hydrogen-bond acceptors (Lipinski definition) is 5. The van der Waals surface area contributed by atoms with Gasteiger partial charge in [-0.25, -0.2) is 4.79 Å². The maximum absolute atomic E-state index is 11.7. The topological polar surface area (TPSA) is 97.1 Å². The van der Waals surface area contributed by atoms with E-state index in [-0.39, 0.29) is 17.7 Å². The number of carbonyl (C=O) groups excluding carboxylic acids is 1. The van der Waals surface area contributed by atoms with E-state index in [0.29, 0.717) is 5.16 Å². The third kappa shape index (κ3) is 4.23. The smallest absolute Gasteiger partial charge is 0.328 e. The predicted molar refractivity (Wildman–Crippen MR) is 71.0 cm³/mol. The van der Waals surface area contributed by atoms with Gasteiger partial charge in [0.2, 0.25) is 5.91 Å². The van der Waals surface area contributed by atoms with E-state index in [4.69, 9.17) is 5.11 Å². The van der Waals surface area contributed by atoms with Crippen LogP contribution < -0.4 is 5.32 Å². The van der Waals surface area contributed by atoms with Crippen molar-refractivity contribution in [3.8, 4) is 0 Å². The Labute approximate surface area is 115 Å². The molecular weight excluding hydrogens is 268 g/mol. The number of aromatic nitrogens is 3. The van der Waals surface area contributed by atoms with Gasteiger partial charge < -0.3 is 15.0 Å². The Morgan fingerprint density at radius 1 is 1.53 bits per heavy atom. The molecule has 0 radical (unpaired) electrons. The number of aliphatic carboxylic acids is 1. The number of thioether (sulfide) groups is 1. The van der Waals surface area contributed by atoms with Gasteiger partial charge in [0.15, 0.2) is 5.16 Å². The zero-order valence-electron chi connectivity index (χ0n) is 11.4. The van der Waals surface area contributed by atoms with Crippen molar-refractivity contribution in [3.63, 3.8) is 0 Å². The Balaban J connectivity index is 2.55. The summed E-state index contributed by atoms with van der Waals surface area (Å²) in [6.45, 7) is 6.85. The minimum absolute atomic E-state index is 0.0993. The fraction of sp³-hybridized carbons (Fsp3) is 0.636. The molecule has 0 fully saturated rings. The first-order valence-corrected chi connectivity index (χ1v) is 6.79. The first kappa shape index (κ1) is 15.5. The second-order valence-electron chi connectivity index (χ2n) is 4.88. The van der Waals surface area contributed by atoms with E-state index >= 15 is 0 Å². The van der Waals surface area contributed by atoms with Crippen LogP contribution in [0.4, 0.5) is 0 Å². The third-order valence-electron chi connectivity index (χ3n) is 2.42. The molecule has 0 bridgehead atoms. The van der Waals surface area contributed by atoms with E-state index in [1.807, 2.05) is 18.4 Å². The van der Waals surface area contributed by atoms with Crippen LogP contribution in [0.3, 0.4) is 0 Å². The normalized spacial score (nSPS) is 11.6. The number of nitrogens with one attached hydrogen (secondary N) is 1. The van der Waals surface area contributed by atoms with Gasteiger partial charge in [0.25, 0.3) is 0 Å². The van der Waals surface area contributed by atoms with Crippen molar-refractivity contribution in [2.24, 2.45) is 0 Å². The standard InChI is InChI=1S/C11H18N4O3S/c1-7(2)15-6-12-14-10(15)19-5-8(16)13-11(3,4)9(17)18/h6-7H,5H2,1-4H3,(H,13,16)(H,17,18). The van der Waals surface area contributed by atoms with Crippen molar-refractivity contribution < 1.29 is 14.7 Å². The van der Waals surface area contributed by atoms with Crippen molar-refractivity contribution in [1.82, 2.24) is 20.1 Å². The Kier molecular flexibility index (Phi) is 4.93. The van der Waals surface area contributed by atoms with E-state index in [9.17, 15) is 9.59 Å². The molecule has 0 spiro atoms. The van der Waals surface area contributed by atoms with E-state index in [0.717, 1.165) is 0 Å². The minimum atomic E-state index is -1.27. The second kappa shape index (κ2) is 6.05. The van der Waals surface area contributed by atoms with Gasteiger partial charge in [0.05, 0.1) is 5.75 Å². The molecule has 0 aromatic carbocycles. The first-order chi connectivity index (χ1) is 8.74. The molecule has 0 saturated carbocycles. The Bertz CT molecular complexity index is 470. The van der Waals surface area contributed by atoms with Gasteiger partial charge in [0, 0.05) is 6.04 Å². The number of nitrogens with zero attached hydrogens (tertiary/aromatic N) is 3. The Hall–Kier alpha value is -1.57. The van der Waals surface area contributed by atoms with Crippen molar-refractivity contribution in [2.45, 2.75) is 44.4 Å². The average molecular weight is 286 g/mol. The largest absolute Gasteiger partial charge is 0.480 e. The lowest BCUT2D eigenvalue weighted by Crippen LogP contribution is -2.50. The lowest BCUT2D eigenvalue weighted by Gasteiger charge is -2.20. The fourth-order valence-electron chi connectivity index (χ4n) is 1.26. The van der Waals surface area contributed by atoms with Crippen LogP contribution in [0.5, 0.6) is 0 Å².